The molecule has 2 amide bonds. The Kier molecular flexibility index (Phi) is 7.47. The maximum absolute atomic E-state index is 14.5. The molecule has 40 heavy (non-hydrogen) atoms. The van der Waals surface area contributed by atoms with Gasteiger partial charge in [-0.05, 0) is 72.8 Å². The molecule has 6 rings (SSSR count). The number of fused-ring (bicyclic) bond motifs is 1. The average Bonchev–Trinajstić information content (AvgIpc) is 3.72. The van der Waals surface area contributed by atoms with Gasteiger partial charge in [-0.15, -0.1) is 5.10 Å². The molecular formula is C31H35FN6O2. The lowest BCUT2D eigenvalue weighted by atomic mass is 9.96. The molecule has 3 aliphatic rings. The van der Waals surface area contributed by atoms with Gasteiger partial charge in [-0.25, -0.2) is 4.39 Å². The van der Waals surface area contributed by atoms with Crippen molar-refractivity contribution in [3.8, 4) is 0 Å². The Hall–Kier alpha value is -3.85. The van der Waals surface area contributed by atoms with Gasteiger partial charge in [-0.3, -0.25) is 14.3 Å². The van der Waals surface area contributed by atoms with Crippen molar-refractivity contribution in [2.24, 2.45) is 13.0 Å². The second kappa shape index (κ2) is 11.3. The molecular weight excluding hydrogens is 507 g/mol. The highest BCUT2D eigenvalue weighted by Gasteiger charge is 2.43. The highest BCUT2D eigenvalue weighted by molar-refractivity contribution is 5.91. The van der Waals surface area contributed by atoms with Gasteiger partial charge in [0, 0.05) is 26.7 Å². The van der Waals surface area contributed by atoms with E-state index < -0.39 is 6.04 Å². The Balaban J connectivity index is 1.16. The van der Waals surface area contributed by atoms with Crippen LogP contribution in [0.5, 0.6) is 0 Å². The molecule has 9 heteroatoms. The summed E-state index contributed by atoms with van der Waals surface area (Å²) in [5, 5.41) is 14.8. The number of nitrogens with zero attached hydrogens (tertiary/aromatic N) is 4. The van der Waals surface area contributed by atoms with Crippen LogP contribution in [0.2, 0.25) is 0 Å². The van der Waals surface area contributed by atoms with Crippen LogP contribution in [0.4, 0.5) is 4.39 Å². The van der Waals surface area contributed by atoms with E-state index in [2.05, 4.69) is 33.1 Å². The van der Waals surface area contributed by atoms with Crippen molar-refractivity contribution in [2.45, 2.75) is 50.1 Å². The summed E-state index contributed by atoms with van der Waals surface area (Å²) in [4.78, 5) is 29.1. The van der Waals surface area contributed by atoms with Crippen molar-refractivity contribution >= 4 is 17.9 Å². The van der Waals surface area contributed by atoms with Crippen LogP contribution in [0.1, 0.15) is 47.7 Å². The summed E-state index contributed by atoms with van der Waals surface area (Å²) in [5.74, 6) is -0.199. The molecule has 208 valence electrons. The average molecular weight is 543 g/mol. The van der Waals surface area contributed by atoms with E-state index in [9.17, 15) is 14.0 Å². The second-order valence-corrected chi connectivity index (χ2v) is 11.3. The van der Waals surface area contributed by atoms with Gasteiger partial charge in [-0.1, -0.05) is 53.7 Å². The minimum Gasteiger partial charge on any atom is -0.351 e. The van der Waals surface area contributed by atoms with Gasteiger partial charge >= 0.3 is 0 Å². The second-order valence-electron chi connectivity index (χ2n) is 11.3. The molecule has 4 unspecified atom stereocenters. The van der Waals surface area contributed by atoms with Gasteiger partial charge in [0.05, 0.1) is 11.7 Å². The van der Waals surface area contributed by atoms with Crippen molar-refractivity contribution in [3.05, 3.63) is 88.5 Å². The number of aryl methyl sites for hydroxylation is 1. The molecule has 1 aliphatic carbocycles. The van der Waals surface area contributed by atoms with E-state index in [1.165, 1.54) is 11.6 Å². The van der Waals surface area contributed by atoms with Crippen LogP contribution in [-0.4, -0.2) is 63.4 Å². The first-order chi connectivity index (χ1) is 19.5. The Labute approximate surface area is 233 Å². The standard InChI is InChI=1S/C31H35FN6O2/c1-37-28-12-11-20(14-26(28)35-36-37)17-34-30(39)29-15-21(13-23-9-5-6-10-25(23)32)19-38(29)31(40)27-16-24(18-33-27)22-7-3-2-4-8-22/h2-10,14,21,24,27,29,33H,11-13,15-19H2,1H3,(H,34,39). The van der Waals surface area contributed by atoms with Crippen LogP contribution < -0.4 is 10.6 Å². The Morgan fingerprint density at radius 2 is 1.88 bits per heavy atom. The number of carbonyl (C=O) groups is 2. The predicted octanol–water partition coefficient (Wildman–Crippen LogP) is 3.01. The monoisotopic (exact) mass is 542 g/mol. The molecule has 2 N–H and O–H groups in total. The lowest BCUT2D eigenvalue weighted by Gasteiger charge is -2.27. The quantitative estimate of drug-likeness (QED) is 0.479. The summed E-state index contributed by atoms with van der Waals surface area (Å²) in [7, 11) is 1.89. The van der Waals surface area contributed by atoms with Gasteiger partial charge in [0.25, 0.3) is 0 Å². The van der Waals surface area contributed by atoms with E-state index in [-0.39, 0.29) is 35.5 Å². The van der Waals surface area contributed by atoms with Crippen LogP contribution in [0.3, 0.4) is 0 Å². The zero-order chi connectivity index (χ0) is 27.6. The minimum absolute atomic E-state index is 0.000953. The molecule has 0 bridgehead atoms. The van der Waals surface area contributed by atoms with Crippen LogP contribution in [-0.2, 0) is 29.5 Å². The molecule has 2 fully saturated rings. The molecule has 2 aliphatic heterocycles. The predicted molar refractivity (Wildman–Crippen MR) is 150 cm³/mol. The number of amides is 2. The largest absolute Gasteiger partial charge is 0.351 e. The summed E-state index contributed by atoms with van der Waals surface area (Å²) in [6, 6.07) is 16.1. The maximum atomic E-state index is 14.5. The van der Waals surface area contributed by atoms with E-state index in [1.807, 2.05) is 37.4 Å². The van der Waals surface area contributed by atoms with Crippen molar-refractivity contribution < 1.29 is 14.0 Å². The summed E-state index contributed by atoms with van der Waals surface area (Å²) in [6.45, 7) is 1.57. The topological polar surface area (TPSA) is 92.2 Å². The van der Waals surface area contributed by atoms with Crippen LogP contribution in [0, 0.1) is 11.7 Å². The van der Waals surface area contributed by atoms with E-state index in [4.69, 9.17) is 0 Å². The maximum Gasteiger partial charge on any atom is 0.243 e. The molecule has 3 heterocycles. The molecule has 8 nitrogen and oxygen atoms in total. The first-order valence-electron chi connectivity index (χ1n) is 14.1. The third kappa shape index (κ3) is 5.43. The van der Waals surface area contributed by atoms with Gasteiger partial charge in [-0.2, -0.15) is 0 Å². The normalized spacial score (nSPS) is 24.1. The summed E-state index contributed by atoms with van der Waals surface area (Å²) < 4.78 is 16.2. The lowest BCUT2D eigenvalue weighted by molar-refractivity contribution is -0.139. The lowest BCUT2D eigenvalue weighted by Crippen LogP contribution is -2.51. The fourth-order valence-corrected chi connectivity index (χ4v) is 6.44. The third-order valence-corrected chi connectivity index (χ3v) is 8.63. The molecule has 3 aromatic rings. The molecule has 0 spiro atoms. The van der Waals surface area contributed by atoms with Crippen LogP contribution in [0.25, 0.3) is 6.08 Å². The van der Waals surface area contributed by atoms with Crippen molar-refractivity contribution in [1.29, 1.82) is 0 Å². The molecule has 2 saturated heterocycles. The first kappa shape index (κ1) is 26.4. The molecule has 1 aromatic heterocycles. The number of nitrogens with one attached hydrogen (secondary N) is 2. The van der Waals surface area contributed by atoms with Gasteiger partial charge < -0.3 is 15.5 Å². The SMILES string of the molecule is Cn1nnc2c1CCC(CNC(=O)C1CC(Cc3ccccc3F)CN1C(=O)C1CC(c3ccccc3)CN1)=C2. The number of carbonyl (C=O) groups excluding carboxylic acids is 2. The fourth-order valence-electron chi connectivity index (χ4n) is 6.44. The molecule has 0 saturated carbocycles. The Morgan fingerprint density at radius 3 is 2.70 bits per heavy atom. The van der Waals surface area contributed by atoms with Gasteiger partial charge in [0.1, 0.15) is 17.6 Å². The number of likely N-dealkylation sites (tertiary alicyclic amines) is 1. The van der Waals surface area contributed by atoms with Crippen LogP contribution in [0.15, 0.2) is 60.2 Å². The Morgan fingerprint density at radius 1 is 1.07 bits per heavy atom. The minimum atomic E-state index is -0.585. The number of hydrogen-bond acceptors (Lipinski definition) is 5. The number of halogens is 1. The van der Waals surface area contributed by atoms with E-state index in [0.717, 1.165) is 36.3 Å². The van der Waals surface area contributed by atoms with E-state index in [0.29, 0.717) is 37.9 Å². The third-order valence-electron chi connectivity index (χ3n) is 8.63. The molecule has 4 atom stereocenters. The summed E-state index contributed by atoms with van der Waals surface area (Å²) in [6.07, 6.45) is 5.34. The highest BCUT2D eigenvalue weighted by Crippen LogP contribution is 2.32. The van der Waals surface area contributed by atoms with Crippen molar-refractivity contribution in [1.82, 2.24) is 30.5 Å². The summed E-state index contributed by atoms with van der Waals surface area (Å²) >= 11 is 0. The van der Waals surface area contributed by atoms with Crippen molar-refractivity contribution in [3.63, 3.8) is 0 Å². The Bertz CT molecular complexity index is 1420. The summed E-state index contributed by atoms with van der Waals surface area (Å²) in [5.41, 5.74) is 4.86. The molecule has 2 aromatic carbocycles. The zero-order valence-corrected chi connectivity index (χ0v) is 22.7. The van der Waals surface area contributed by atoms with Crippen molar-refractivity contribution in [2.75, 3.05) is 19.6 Å². The number of rotatable bonds is 7. The van der Waals surface area contributed by atoms with E-state index in [1.54, 1.807) is 21.7 Å². The number of benzene rings is 2. The van der Waals surface area contributed by atoms with Crippen LogP contribution >= 0.6 is 0 Å². The fraction of sp³-hybridized carbons (Fsp3) is 0.419. The molecule has 0 radical (unpaired) electrons. The smallest absolute Gasteiger partial charge is 0.243 e. The van der Waals surface area contributed by atoms with E-state index >= 15 is 0 Å². The number of aromatic nitrogens is 3. The van der Waals surface area contributed by atoms with Gasteiger partial charge in [0.2, 0.25) is 11.8 Å². The number of hydrogen-bond donors (Lipinski definition) is 2. The van der Waals surface area contributed by atoms with Gasteiger partial charge in [0.15, 0.2) is 0 Å². The first-order valence-corrected chi connectivity index (χ1v) is 14.1. The zero-order valence-electron chi connectivity index (χ0n) is 22.7. The highest BCUT2D eigenvalue weighted by atomic mass is 19.1.